The highest BCUT2D eigenvalue weighted by atomic mass is 14.1. The topological polar surface area (TPSA) is 0 Å². The molecule has 0 fully saturated rings. The lowest BCUT2D eigenvalue weighted by atomic mass is 10.0. The van der Waals surface area contributed by atoms with E-state index in [4.69, 9.17) is 0 Å². The van der Waals surface area contributed by atoms with Gasteiger partial charge in [-0.2, -0.15) is 0 Å². The third-order valence-electron chi connectivity index (χ3n) is 31.8. The molecule has 0 radical (unpaired) electrons. The molecule has 0 N–H and O–H groups in total. The summed E-state index contributed by atoms with van der Waals surface area (Å²) in [6.07, 6.45) is 191. The van der Waals surface area contributed by atoms with Crippen molar-refractivity contribution in [2.75, 3.05) is 0 Å². The molecule has 0 heterocycles. The lowest BCUT2D eigenvalue weighted by molar-refractivity contribution is 0.505. The van der Waals surface area contributed by atoms with Crippen LogP contribution in [-0.4, -0.2) is 0 Å². The average molecular weight is 1820 g/mol. The molecule has 0 spiro atoms. The van der Waals surface area contributed by atoms with Crippen molar-refractivity contribution in [3.8, 4) is 0 Å². The zero-order valence-electron chi connectivity index (χ0n) is 92.1. The third-order valence-corrected chi connectivity index (χ3v) is 31.8. The first-order valence-electron chi connectivity index (χ1n) is 64.5. The van der Waals surface area contributed by atoms with Gasteiger partial charge in [-0.3, -0.25) is 0 Å². The molecule has 0 aliphatic rings. The molecule has 0 rings (SSSR count). The first-order chi connectivity index (χ1) is 64.9. The fourth-order valence-electron chi connectivity index (χ4n) is 22.3. The standard InChI is InChI=1S/C130H260/c1-3-5-7-9-11-13-15-17-19-21-23-25-27-29-31-33-35-37-39-41-43-45-47-49-51-53-55-57-59-61-63-65-67-69-71-73-75-77-79-81-83-85-87-89-91-93-95-97-99-101-103-105-107-109-111-113-115-117-119-121-123-125-127-129-130-128-126-124-122-120-118-116-114-112-110-108-106-104-102-100-98-96-94-92-90-88-86-84-82-80-78-76-74-72-70-68-66-64-62-60-58-56-54-52-50-48-46-44-42-40-38-36-34-32-30-28-26-24-22-20-18-16-14-12-10-8-6-4-2/h3H,1,4-130H2,2H3. The van der Waals surface area contributed by atoms with E-state index in [1.54, 1.807) is 0 Å². The monoisotopic (exact) mass is 1820 g/mol. The molecule has 0 heteroatoms. The summed E-state index contributed by atoms with van der Waals surface area (Å²) in [5.74, 6) is 0. The summed E-state index contributed by atoms with van der Waals surface area (Å²) < 4.78 is 0. The Morgan fingerprint density at radius 3 is 0.169 bits per heavy atom. The molecule has 780 valence electrons. The van der Waals surface area contributed by atoms with Crippen LogP contribution in [0.4, 0.5) is 0 Å². The summed E-state index contributed by atoms with van der Waals surface area (Å²) in [5.41, 5.74) is 0. The van der Waals surface area contributed by atoms with Gasteiger partial charge in [-0.15, -0.1) is 6.58 Å². The van der Waals surface area contributed by atoms with Crippen LogP contribution in [-0.2, 0) is 0 Å². The molecule has 0 aromatic heterocycles. The Balaban J connectivity index is 3.10. The molecule has 0 aromatic rings. The number of unbranched alkanes of at least 4 members (excludes halogenated alkanes) is 126. The molecule has 0 saturated heterocycles. The zero-order chi connectivity index (χ0) is 92.5. The van der Waals surface area contributed by atoms with E-state index >= 15 is 0 Å². The van der Waals surface area contributed by atoms with Crippen molar-refractivity contribution in [2.24, 2.45) is 0 Å². The Labute approximate surface area is 829 Å². The highest BCUT2D eigenvalue weighted by Crippen LogP contribution is 2.27. The van der Waals surface area contributed by atoms with Crippen LogP contribution >= 0.6 is 0 Å². The fraction of sp³-hybridized carbons (Fsp3) is 0.985. The summed E-state index contributed by atoms with van der Waals surface area (Å²) in [7, 11) is 0. The molecule has 130 heavy (non-hydrogen) atoms. The maximum absolute atomic E-state index is 3.83. The summed E-state index contributed by atoms with van der Waals surface area (Å²) in [6, 6.07) is 0. The predicted octanol–water partition coefficient (Wildman–Crippen LogP) is 50.7. The molecule has 0 aliphatic carbocycles. The molecule has 0 aromatic carbocycles. The normalized spacial score (nSPS) is 11.8. The Bertz CT molecular complexity index is 1690. The molecule has 0 atom stereocenters. The van der Waals surface area contributed by atoms with Crippen LogP contribution in [0.3, 0.4) is 0 Å². The van der Waals surface area contributed by atoms with Gasteiger partial charge < -0.3 is 0 Å². The summed E-state index contributed by atoms with van der Waals surface area (Å²) in [6.45, 7) is 6.15. The second-order valence-electron chi connectivity index (χ2n) is 45.3. The highest BCUT2D eigenvalue weighted by molar-refractivity contribution is 4.66. The molecule has 0 bridgehead atoms. The van der Waals surface area contributed by atoms with Crippen LogP contribution in [0, 0.1) is 0 Å². The van der Waals surface area contributed by atoms with Gasteiger partial charge in [-0.1, -0.05) is 816 Å². The SMILES string of the molecule is C=CCCCCCCCCCCCCCCCCCCCCCCCCCCCCCCCCCCCCCCCCCCCCCCCCCCCCCCCCCCCCCCCCCCCCCCCCCCCCCCCCCCCCCCCCCCCCCCCCCCCCCCCCCCCCCCCCCCCCCCCCCCCCCCCC. The van der Waals surface area contributed by atoms with E-state index in [2.05, 4.69) is 19.6 Å². The fourth-order valence-corrected chi connectivity index (χ4v) is 22.3. The maximum atomic E-state index is 3.83. The average Bonchev–Trinajstić information content (AvgIpc) is 1.16. The number of hydrogen-bond acceptors (Lipinski definition) is 0. The first kappa shape index (κ1) is 130. The van der Waals surface area contributed by atoms with Gasteiger partial charge in [0, 0.05) is 0 Å². The number of hydrogen-bond donors (Lipinski definition) is 0. The third kappa shape index (κ3) is 128. The van der Waals surface area contributed by atoms with Gasteiger partial charge in [-0.25, -0.2) is 0 Å². The molecular weight excluding hydrogens is 1560 g/mol. The van der Waals surface area contributed by atoms with Crippen molar-refractivity contribution in [2.45, 2.75) is 822 Å². The molecule has 0 aliphatic heterocycles. The van der Waals surface area contributed by atoms with E-state index in [0.717, 1.165) is 0 Å². The second kappa shape index (κ2) is 129. The minimum atomic E-state index is 1.21. The van der Waals surface area contributed by atoms with E-state index in [1.807, 2.05) is 0 Å². The van der Waals surface area contributed by atoms with Crippen LogP contribution in [0.15, 0.2) is 12.7 Å². The number of allylic oxidation sites excluding steroid dienone is 1. The Kier molecular flexibility index (Phi) is 128. The van der Waals surface area contributed by atoms with E-state index < -0.39 is 0 Å². The van der Waals surface area contributed by atoms with Crippen LogP contribution in [0.5, 0.6) is 0 Å². The van der Waals surface area contributed by atoms with Crippen molar-refractivity contribution < 1.29 is 0 Å². The predicted molar refractivity (Wildman–Crippen MR) is 602 cm³/mol. The van der Waals surface area contributed by atoms with E-state index in [9.17, 15) is 0 Å². The lowest BCUT2D eigenvalue weighted by Crippen LogP contribution is -1.85. The van der Waals surface area contributed by atoms with E-state index in [0.29, 0.717) is 0 Å². The van der Waals surface area contributed by atoms with Gasteiger partial charge in [-0.05, 0) is 12.8 Å². The molecular formula is C130H260. The van der Waals surface area contributed by atoms with Crippen LogP contribution in [0.1, 0.15) is 822 Å². The quantitative estimate of drug-likeness (QED) is 0.0421. The first-order valence-corrected chi connectivity index (χ1v) is 64.5. The highest BCUT2D eigenvalue weighted by Gasteiger charge is 2.07. The summed E-state index contributed by atoms with van der Waals surface area (Å²) >= 11 is 0. The summed E-state index contributed by atoms with van der Waals surface area (Å²) in [4.78, 5) is 0. The Hall–Kier alpha value is -0.260. The van der Waals surface area contributed by atoms with Gasteiger partial charge in [0.2, 0.25) is 0 Å². The largest absolute Gasteiger partial charge is 0.103 e. The van der Waals surface area contributed by atoms with Crippen molar-refractivity contribution >= 4 is 0 Å². The van der Waals surface area contributed by atoms with Crippen molar-refractivity contribution in [1.82, 2.24) is 0 Å². The Morgan fingerprint density at radius 1 is 0.0769 bits per heavy atom. The van der Waals surface area contributed by atoms with Crippen molar-refractivity contribution in [3.05, 3.63) is 12.7 Å². The van der Waals surface area contributed by atoms with E-state index in [-0.39, 0.29) is 0 Å². The van der Waals surface area contributed by atoms with E-state index in [1.165, 1.54) is 815 Å². The molecule has 0 nitrogen and oxygen atoms in total. The van der Waals surface area contributed by atoms with Gasteiger partial charge in [0.1, 0.15) is 0 Å². The van der Waals surface area contributed by atoms with Crippen LogP contribution in [0.25, 0.3) is 0 Å². The van der Waals surface area contributed by atoms with Crippen LogP contribution < -0.4 is 0 Å². The molecule has 0 saturated carbocycles. The second-order valence-corrected chi connectivity index (χ2v) is 45.3. The van der Waals surface area contributed by atoms with Crippen molar-refractivity contribution in [1.29, 1.82) is 0 Å². The molecule has 0 amide bonds. The zero-order valence-corrected chi connectivity index (χ0v) is 92.1. The minimum Gasteiger partial charge on any atom is -0.103 e. The Morgan fingerprint density at radius 2 is 0.123 bits per heavy atom. The summed E-state index contributed by atoms with van der Waals surface area (Å²) in [5, 5.41) is 0. The van der Waals surface area contributed by atoms with Crippen molar-refractivity contribution in [3.63, 3.8) is 0 Å². The molecule has 0 unspecified atom stereocenters. The smallest absolute Gasteiger partial charge is 0.0353 e. The number of rotatable bonds is 127. The van der Waals surface area contributed by atoms with Gasteiger partial charge in [0.25, 0.3) is 0 Å². The van der Waals surface area contributed by atoms with Gasteiger partial charge in [0.05, 0.1) is 0 Å². The van der Waals surface area contributed by atoms with Crippen LogP contribution in [0.2, 0.25) is 0 Å². The maximum Gasteiger partial charge on any atom is -0.0353 e. The minimum absolute atomic E-state index is 1.21. The van der Waals surface area contributed by atoms with Gasteiger partial charge >= 0.3 is 0 Å². The lowest BCUT2D eigenvalue weighted by Gasteiger charge is -2.05. The van der Waals surface area contributed by atoms with Gasteiger partial charge in [0.15, 0.2) is 0 Å².